The van der Waals surface area contributed by atoms with Crippen LogP contribution in [0.4, 0.5) is 0 Å². The number of nitrogens with zero attached hydrogens (tertiary/aromatic N) is 1. The van der Waals surface area contributed by atoms with E-state index in [0.29, 0.717) is 12.0 Å². The van der Waals surface area contributed by atoms with Gasteiger partial charge in [0.15, 0.2) is 5.96 Å². The number of phenolic OH excluding ortho intramolecular Hbond substituents is 1. The number of hydrogen-bond acceptors (Lipinski definition) is 9. The quantitative estimate of drug-likeness (QED) is 0.0501. The van der Waals surface area contributed by atoms with Crippen molar-refractivity contribution < 1.29 is 39.3 Å². The summed E-state index contributed by atoms with van der Waals surface area (Å²) in [5.74, 6) is -4.95. The van der Waals surface area contributed by atoms with Gasteiger partial charge in [-0.3, -0.25) is 24.2 Å². The first kappa shape index (κ1) is 33.6. The lowest BCUT2D eigenvalue weighted by Gasteiger charge is -2.26. The van der Waals surface area contributed by atoms with E-state index in [1.54, 1.807) is 0 Å². The van der Waals surface area contributed by atoms with Crippen molar-refractivity contribution >= 4 is 35.6 Å². The number of nitrogens with one attached hydrogen (secondary N) is 3. The summed E-state index contributed by atoms with van der Waals surface area (Å²) in [5.41, 5.74) is 22.1. The Bertz CT molecular complexity index is 1060. The lowest BCUT2D eigenvalue weighted by atomic mass is 10.0. The standard InChI is InChI=1S/C24H38N8O8/c1-12(33)19(22(38)30-16(23(39)40)8-9-18(26)35)32-21(37)17(11-13-4-6-14(34)7-5-13)31-20(36)15(25)3-2-10-29-24(27)28/h4-7,12,15-17,19,33-34H,2-3,8-11,25H2,1H3,(H2,26,35)(H,30,38)(H,31,36)(H,32,37)(H,39,40)(H4,27,28,29). The highest BCUT2D eigenvalue weighted by Gasteiger charge is 2.33. The lowest BCUT2D eigenvalue weighted by Crippen LogP contribution is -2.60. The molecule has 0 heterocycles. The minimum atomic E-state index is -1.62. The molecule has 14 N–H and O–H groups in total. The Morgan fingerprint density at radius 2 is 1.50 bits per heavy atom. The molecule has 16 nitrogen and oxygen atoms in total. The molecule has 0 aliphatic rings. The fourth-order valence-electron chi connectivity index (χ4n) is 3.47. The second-order valence-electron chi connectivity index (χ2n) is 9.12. The Kier molecular flexibility index (Phi) is 13.9. The minimum Gasteiger partial charge on any atom is -0.508 e. The molecule has 5 atom stereocenters. The van der Waals surface area contributed by atoms with Crippen molar-refractivity contribution in [1.82, 2.24) is 16.0 Å². The molecule has 5 unspecified atom stereocenters. The fourth-order valence-corrected chi connectivity index (χ4v) is 3.47. The number of primary amides is 1. The highest BCUT2D eigenvalue weighted by molar-refractivity contribution is 5.94. The summed E-state index contributed by atoms with van der Waals surface area (Å²) in [7, 11) is 0. The van der Waals surface area contributed by atoms with Gasteiger partial charge in [0.05, 0.1) is 12.1 Å². The number of aliphatic hydroxyl groups excluding tert-OH is 1. The van der Waals surface area contributed by atoms with Crippen molar-refractivity contribution in [3.8, 4) is 5.75 Å². The van der Waals surface area contributed by atoms with E-state index in [-0.39, 0.29) is 43.9 Å². The van der Waals surface area contributed by atoms with Crippen LogP contribution in [0.25, 0.3) is 0 Å². The summed E-state index contributed by atoms with van der Waals surface area (Å²) >= 11 is 0. The second-order valence-corrected chi connectivity index (χ2v) is 9.12. The largest absolute Gasteiger partial charge is 0.508 e. The number of aliphatic imine (C=N–C) groups is 1. The maximum Gasteiger partial charge on any atom is 0.326 e. The van der Waals surface area contributed by atoms with Gasteiger partial charge in [-0.05, 0) is 43.9 Å². The molecule has 0 aliphatic heterocycles. The summed E-state index contributed by atoms with van der Waals surface area (Å²) in [6, 6.07) is 0.370. The molecular weight excluding hydrogens is 528 g/mol. The molecule has 4 amide bonds. The molecule has 0 aromatic heterocycles. The van der Waals surface area contributed by atoms with E-state index in [4.69, 9.17) is 22.9 Å². The first-order valence-corrected chi connectivity index (χ1v) is 12.4. The average molecular weight is 567 g/mol. The lowest BCUT2D eigenvalue weighted by molar-refractivity contribution is -0.143. The van der Waals surface area contributed by atoms with Crippen molar-refractivity contribution in [2.45, 2.75) is 69.3 Å². The molecule has 1 aromatic rings. The molecule has 16 heteroatoms. The van der Waals surface area contributed by atoms with Crippen LogP contribution in [0.5, 0.6) is 5.75 Å². The molecule has 0 radical (unpaired) electrons. The molecule has 0 saturated heterocycles. The van der Waals surface area contributed by atoms with E-state index in [1.807, 2.05) is 0 Å². The molecule has 0 aliphatic carbocycles. The highest BCUT2D eigenvalue weighted by atomic mass is 16.4. The molecule has 0 saturated carbocycles. The van der Waals surface area contributed by atoms with Crippen LogP contribution in [0.3, 0.4) is 0 Å². The third kappa shape index (κ3) is 12.4. The summed E-state index contributed by atoms with van der Waals surface area (Å²) in [6.45, 7) is 1.44. The predicted molar refractivity (Wildman–Crippen MR) is 143 cm³/mol. The highest BCUT2D eigenvalue weighted by Crippen LogP contribution is 2.12. The van der Waals surface area contributed by atoms with Gasteiger partial charge in [0.1, 0.15) is 23.9 Å². The Balaban J connectivity index is 3.05. The number of aromatic hydroxyl groups is 1. The number of rotatable bonds is 17. The number of guanidine groups is 1. The van der Waals surface area contributed by atoms with Gasteiger partial charge < -0.3 is 54.2 Å². The number of phenols is 1. The molecule has 0 bridgehead atoms. The smallest absolute Gasteiger partial charge is 0.326 e. The first-order valence-electron chi connectivity index (χ1n) is 12.4. The molecular formula is C24H38N8O8. The first-order chi connectivity index (χ1) is 18.7. The van der Waals surface area contributed by atoms with Crippen LogP contribution in [0, 0.1) is 0 Å². The third-order valence-corrected chi connectivity index (χ3v) is 5.67. The number of benzene rings is 1. The Hall–Kier alpha value is -4.44. The Morgan fingerprint density at radius 1 is 0.900 bits per heavy atom. The minimum absolute atomic E-state index is 0.0215. The van der Waals surface area contributed by atoms with Crippen molar-refractivity contribution in [2.24, 2.45) is 27.9 Å². The summed E-state index contributed by atoms with van der Waals surface area (Å²) < 4.78 is 0. The maximum absolute atomic E-state index is 13.2. The number of amides is 4. The van der Waals surface area contributed by atoms with Gasteiger partial charge in [-0.25, -0.2) is 4.79 Å². The van der Waals surface area contributed by atoms with E-state index in [2.05, 4.69) is 20.9 Å². The van der Waals surface area contributed by atoms with E-state index < -0.39 is 59.9 Å². The fraction of sp³-hybridized carbons (Fsp3) is 0.500. The number of aliphatic carboxylic acids is 1. The van der Waals surface area contributed by atoms with Crippen molar-refractivity contribution in [1.29, 1.82) is 0 Å². The van der Waals surface area contributed by atoms with Crippen LogP contribution in [0.2, 0.25) is 0 Å². The van der Waals surface area contributed by atoms with Gasteiger partial charge in [0.25, 0.3) is 0 Å². The van der Waals surface area contributed by atoms with Gasteiger partial charge >= 0.3 is 5.97 Å². The SMILES string of the molecule is CC(O)C(NC(=O)C(Cc1ccc(O)cc1)NC(=O)C(N)CCCN=C(N)N)C(=O)NC(CCC(N)=O)C(=O)O. The van der Waals surface area contributed by atoms with Gasteiger partial charge in [-0.1, -0.05) is 12.1 Å². The number of carboxylic acids is 1. The van der Waals surface area contributed by atoms with Crippen LogP contribution >= 0.6 is 0 Å². The van der Waals surface area contributed by atoms with E-state index in [9.17, 15) is 39.3 Å². The molecule has 0 spiro atoms. The van der Waals surface area contributed by atoms with Crippen LogP contribution < -0.4 is 38.9 Å². The zero-order valence-electron chi connectivity index (χ0n) is 22.1. The zero-order chi connectivity index (χ0) is 30.4. The van der Waals surface area contributed by atoms with Crippen LogP contribution in [0.1, 0.15) is 38.2 Å². The number of hydrogen-bond donors (Lipinski definition) is 10. The molecule has 0 fully saturated rings. The van der Waals surface area contributed by atoms with Crippen molar-refractivity contribution in [3.05, 3.63) is 29.8 Å². The molecule has 1 aromatic carbocycles. The normalized spacial score (nSPS) is 14.5. The Morgan fingerprint density at radius 3 is 2.02 bits per heavy atom. The number of carboxylic acid groups (broad SMARTS) is 1. The number of carbonyl (C=O) groups excluding carboxylic acids is 4. The third-order valence-electron chi connectivity index (χ3n) is 5.67. The molecule has 40 heavy (non-hydrogen) atoms. The maximum atomic E-state index is 13.2. The van der Waals surface area contributed by atoms with Crippen molar-refractivity contribution in [3.63, 3.8) is 0 Å². The van der Waals surface area contributed by atoms with Crippen molar-refractivity contribution in [2.75, 3.05) is 6.54 Å². The van der Waals surface area contributed by atoms with Crippen LogP contribution in [-0.2, 0) is 30.4 Å². The number of aliphatic hydroxyl groups is 1. The second kappa shape index (κ2) is 16.5. The molecule has 222 valence electrons. The zero-order valence-corrected chi connectivity index (χ0v) is 22.1. The van der Waals surface area contributed by atoms with Gasteiger partial charge in [-0.2, -0.15) is 0 Å². The van der Waals surface area contributed by atoms with Gasteiger partial charge in [0.2, 0.25) is 23.6 Å². The van der Waals surface area contributed by atoms with E-state index in [1.165, 1.54) is 31.2 Å². The topological polar surface area (TPSA) is 299 Å². The predicted octanol–water partition coefficient (Wildman–Crippen LogP) is -3.50. The number of nitrogens with two attached hydrogens (primary N) is 4. The van der Waals surface area contributed by atoms with E-state index >= 15 is 0 Å². The summed E-state index contributed by atoms with van der Waals surface area (Å²) in [4.78, 5) is 65.1. The van der Waals surface area contributed by atoms with Crippen LogP contribution in [-0.4, -0.2) is 87.7 Å². The monoisotopic (exact) mass is 566 g/mol. The average Bonchev–Trinajstić information content (AvgIpc) is 2.87. The summed E-state index contributed by atoms with van der Waals surface area (Å²) in [6.07, 6.45) is -1.61. The van der Waals surface area contributed by atoms with Gasteiger partial charge in [0, 0.05) is 19.4 Å². The number of carbonyl (C=O) groups is 5. The van der Waals surface area contributed by atoms with E-state index in [0.717, 1.165) is 0 Å². The van der Waals surface area contributed by atoms with Gasteiger partial charge in [-0.15, -0.1) is 0 Å². The van der Waals surface area contributed by atoms with Crippen LogP contribution in [0.15, 0.2) is 29.3 Å². The molecule has 1 rings (SSSR count). The summed E-state index contributed by atoms with van der Waals surface area (Å²) in [5, 5.41) is 36.1. The Labute approximate surface area is 230 Å².